The summed E-state index contributed by atoms with van der Waals surface area (Å²) in [5.41, 5.74) is 13.6. The van der Waals surface area contributed by atoms with Gasteiger partial charge in [-0.05, 0) is 85.5 Å². The van der Waals surface area contributed by atoms with Crippen molar-refractivity contribution >= 4 is 21.8 Å². The molecule has 0 radical (unpaired) electrons. The Morgan fingerprint density at radius 3 is 1.91 bits per heavy atom. The zero-order valence-electron chi connectivity index (χ0n) is 25.1. The van der Waals surface area contributed by atoms with Gasteiger partial charge in [-0.25, -0.2) is 0 Å². The Hall–Kier alpha value is -5.34. The topological polar surface area (TPSA) is 9.86 Å². The van der Waals surface area contributed by atoms with Gasteiger partial charge in [-0.3, -0.25) is 0 Å². The summed E-state index contributed by atoms with van der Waals surface area (Å²) >= 11 is 0. The smallest absolute Gasteiger partial charge is 0.0541 e. The van der Waals surface area contributed by atoms with Crippen LogP contribution in [0.4, 0.5) is 0 Å². The van der Waals surface area contributed by atoms with Crippen molar-refractivity contribution in [2.75, 3.05) is 0 Å². The quantitative estimate of drug-likeness (QED) is 0.196. The number of allylic oxidation sites excluding steroid dienone is 4. The molecule has 0 aliphatic heterocycles. The molecule has 2 heteroatoms. The number of hydrogen-bond donors (Lipinski definition) is 0. The summed E-state index contributed by atoms with van der Waals surface area (Å²) in [6.45, 7) is 4.32. The van der Waals surface area contributed by atoms with Gasteiger partial charge in [0.2, 0.25) is 0 Å². The maximum absolute atomic E-state index is 2.45. The molecule has 5 aromatic carbocycles. The molecule has 1 aliphatic carbocycles. The van der Waals surface area contributed by atoms with E-state index in [4.69, 9.17) is 0 Å². The van der Waals surface area contributed by atoms with Crippen molar-refractivity contribution in [3.05, 3.63) is 169 Å². The van der Waals surface area contributed by atoms with Gasteiger partial charge >= 0.3 is 0 Å². The molecule has 0 bridgehead atoms. The van der Waals surface area contributed by atoms with E-state index < -0.39 is 0 Å². The van der Waals surface area contributed by atoms with Gasteiger partial charge in [0, 0.05) is 33.8 Å². The average molecular weight is 567 g/mol. The van der Waals surface area contributed by atoms with E-state index in [-0.39, 0.29) is 0 Å². The number of hydrogen-bond acceptors (Lipinski definition) is 0. The van der Waals surface area contributed by atoms with E-state index in [1.54, 1.807) is 0 Å². The molecule has 44 heavy (non-hydrogen) atoms. The highest BCUT2D eigenvalue weighted by molar-refractivity contribution is 6.09. The molecule has 8 rings (SSSR count). The van der Waals surface area contributed by atoms with E-state index in [9.17, 15) is 0 Å². The van der Waals surface area contributed by atoms with Crippen molar-refractivity contribution < 1.29 is 0 Å². The van der Waals surface area contributed by atoms with Crippen LogP contribution in [0, 0.1) is 6.92 Å². The summed E-state index contributed by atoms with van der Waals surface area (Å²) in [6.07, 6.45) is 7.98. The first-order valence-electron chi connectivity index (χ1n) is 15.5. The second kappa shape index (κ2) is 10.7. The minimum Gasteiger partial charge on any atom is -0.313 e. The normalized spacial score (nSPS) is 14.8. The van der Waals surface area contributed by atoms with Crippen LogP contribution in [0.3, 0.4) is 0 Å². The summed E-state index contributed by atoms with van der Waals surface area (Å²) < 4.78 is 4.84. The molecule has 0 N–H and O–H groups in total. The SMILES string of the molecule is CC1=CCC(c2ccc(-c3ccc(C)cc3)n2-c2ccc(-c3cccc(-n4c5ccccc5c5ccccc54)c3)cc2)C=C1. The highest BCUT2D eigenvalue weighted by Gasteiger charge is 2.19. The lowest BCUT2D eigenvalue weighted by Crippen LogP contribution is -2.07. The monoisotopic (exact) mass is 566 g/mol. The Balaban J connectivity index is 1.20. The molecule has 7 aromatic rings. The summed E-state index contributed by atoms with van der Waals surface area (Å²) in [7, 11) is 0. The highest BCUT2D eigenvalue weighted by atomic mass is 15.0. The van der Waals surface area contributed by atoms with Crippen LogP contribution in [-0.2, 0) is 0 Å². The maximum atomic E-state index is 2.45. The maximum Gasteiger partial charge on any atom is 0.0541 e. The molecule has 2 nitrogen and oxygen atoms in total. The standard InChI is InChI=1S/C42H34N2/c1-29-14-18-32(19-15-29)39-26-27-40(33-20-16-30(2)17-21-33)43(39)35-24-22-31(23-25-35)34-8-7-9-36(28-34)44-41-12-5-3-10-37(41)38-11-4-6-13-42(38)44/h3-20,22-28,33H,21H2,1-2H3. The first-order valence-corrected chi connectivity index (χ1v) is 15.5. The third-order valence-corrected chi connectivity index (χ3v) is 9.07. The fraction of sp³-hybridized carbons (Fsp3) is 0.0952. The van der Waals surface area contributed by atoms with Crippen molar-refractivity contribution in [2.45, 2.75) is 26.2 Å². The number of benzene rings is 5. The van der Waals surface area contributed by atoms with Crippen LogP contribution in [-0.4, -0.2) is 9.13 Å². The van der Waals surface area contributed by atoms with Gasteiger partial charge in [-0.2, -0.15) is 0 Å². The summed E-state index contributed by atoms with van der Waals surface area (Å²) in [4.78, 5) is 0. The van der Waals surface area contributed by atoms with Crippen LogP contribution in [0.1, 0.15) is 30.5 Å². The van der Waals surface area contributed by atoms with Gasteiger partial charge in [0.15, 0.2) is 0 Å². The molecule has 212 valence electrons. The zero-order chi connectivity index (χ0) is 29.6. The minimum absolute atomic E-state index is 0.348. The Kier molecular flexibility index (Phi) is 6.42. The van der Waals surface area contributed by atoms with Crippen molar-refractivity contribution in [1.82, 2.24) is 9.13 Å². The average Bonchev–Trinajstić information content (AvgIpc) is 3.66. The number of para-hydroxylation sites is 2. The molecule has 0 saturated carbocycles. The lowest BCUT2D eigenvalue weighted by atomic mass is 9.94. The van der Waals surface area contributed by atoms with Crippen molar-refractivity contribution in [2.24, 2.45) is 0 Å². The van der Waals surface area contributed by atoms with Gasteiger partial charge in [-0.1, -0.05) is 114 Å². The number of fused-ring (bicyclic) bond motifs is 3. The van der Waals surface area contributed by atoms with E-state index in [0.717, 1.165) is 6.42 Å². The number of nitrogens with zero attached hydrogens (tertiary/aromatic N) is 2. The van der Waals surface area contributed by atoms with E-state index in [1.807, 2.05) is 0 Å². The van der Waals surface area contributed by atoms with Gasteiger partial charge in [-0.15, -0.1) is 0 Å². The molecule has 2 aromatic heterocycles. The fourth-order valence-electron chi connectivity index (χ4n) is 6.75. The largest absolute Gasteiger partial charge is 0.313 e. The number of aromatic nitrogens is 2. The lowest BCUT2D eigenvalue weighted by molar-refractivity contribution is 0.781. The molecule has 2 heterocycles. The molecule has 0 amide bonds. The highest BCUT2D eigenvalue weighted by Crippen LogP contribution is 2.36. The number of aryl methyl sites for hydroxylation is 1. The summed E-state index contributed by atoms with van der Waals surface area (Å²) in [5.74, 6) is 0.348. The van der Waals surface area contributed by atoms with Crippen molar-refractivity contribution in [1.29, 1.82) is 0 Å². The Morgan fingerprint density at radius 1 is 0.545 bits per heavy atom. The molecular weight excluding hydrogens is 532 g/mol. The van der Waals surface area contributed by atoms with Gasteiger partial charge in [0.25, 0.3) is 0 Å². The first-order chi connectivity index (χ1) is 21.6. The molecular formula is C42H34N2. The van der Waals surface area contributed by atoms with E-state index in [2.05, 4.69) is 175 Å². The van der Waals surface area contributed by atoms with Gasteiger partial charge in [0.05, 0.1) is 16.7 Å². The minimum atomic E-state index is 0.348. The second-order valence-electron chi connectivity index (χ2n) is 12.0. The Morgan fingerprint density at radius 2 is 1.23 bits per heavy atom. The lowest BCUT2D eigenvalue weighted by Gasteiger charge is -2.21. The predicted octanol–water partition coefficient (Wildman–Crippen LogP) is 11.2. The van der Waals surface area contributed by atoms with E-state index in [1.165, 1.54) is 72.4 Å². The van der Waals surface area contributed by atoms with Crippen LogP contribution in [0.15, 0.2) is 157 Å². The van der Waals surface area contributed by atoms with Crippen LogP contribution in [0.2, 0.25) is 0 Å². The molecule has 1 aliphatic rings. The van der Waals surface area contributed by atoms with Crippen LogP contribution < -0.4 is 0 Å². The first kappa shape index (κ1) is 26.3. The van der Waals surface area contributed by atoms with E-state index in [0.29, 0.717) is 5.92 Å². The van der Waals surface area contributed by atoms with Crippen LogP contribution in [0.5, 0.6) is 0 Å². The molecule has 1 atom stereocenters. The third kappa shape index (κ3) is 4.51. The van der Waals surface area contributed by atoms with Gasteiger partial charge in [0.1, 0.15) is 0 Å². The Labute approximate surface area is 258 Å². The third-order valence-electron chi connectivity index (χ3n) is 9.07. The fourth-order valence-corrected chi connectivity index (χ4v) is 6.75. The van der Waals surface area contributed by atoms with Gasteiger partial charge < -0.3 is 9.13 Å². The summed E-state index contributed by atoms with van der Waals surface area (Å²) in [5, 5.41) is 2.56. The summed E-state index contributed by atoms with van der Waals surface area (Å²) in [6, 6.07) is 48.8. The molecule has 0 saturated heterocycles. The van der Waals surface area contributed by atoms with Crippen LogP contribution in [0.25, 0.3) is 55.6 Å². The van der Waals surface area contributed by atoms with Crippen molar-refractivity contribution in [3.63, 3.8) is 0 Å². The number of rotatable bonds is 5. The molecule has 0 fully saturated rings. The second-order valence-corrected chi connectivity index (χ2v) is 12.0. The van der Waals surface area contributed by atoms with E-state index >= 15 is 0 Å². The Bertz CT molecular complexity index is 2150. The zero-order valence-corrected chi connectivity index (χ0v) is 25.1. The van der Waals surface area contributed by atoms with Crippen molar-refractivity contribution in [3.8, 4) is 33.8 Å². The predicted molar refractivity (Wildman–Crippen MR) is 186 cm³/mol. The molecule has 1 unspecified atom stereocenters. The molecule has 0 spiro atoms. The van der Waals surface area contributed by atoms with Crippen LogP contribution >= 0.6 is 0 Å².